The first-order valence-electron chi connectivity index (χ1n) is 6.12. The van der Waals surface area contributed by atoms with E-state index in [1.54, 1.807) is 14.2 Å². The van der Waals surface area contributed by atoms with Crippen LogP contribution in [0.4, 0.5) is 0 Å². The molecule has 3 nitrogen and oxygen atoms in total. The smallest absolute Gasteiger partial charge is 0.397 e. The SMILES string of the molecule is CO[SiH2]O[Si](OC)(c1ccccc1)c1ccccc1. The highest BCUT2D eigenvalue weighted by Gasteiger charge is 2.41. The van der Waals surface area contributed by atoms with Gasteiger partial charge in [0.2, 0.25) is 0 Å². The summed E-state index contributed by atoms with van der Waals surface area (Å²) in [6.45, 7) is 0. The Bertz CT molecular complexity index is 451. The number of hydrogen-bond donors (Lipinski definition) is 0. The zero-order valence-electron chi connectivity index (χ0n) is 11.2. The summed E-state index contributed by atoms with van der Waals surface area (Å²) in [6, 6.07) is 20.3. The van der Waals surface area contributed by atoms with Crippen molar-refractivity contribution in [3.63, 3.8) is 0 Å². The minimum Gasteiger partial charge on any atom is -0.412 e. The van der Waals surface area contributed by atoms with Gasteiger partial charge in [0.15, 0.2) is 0 Å². The average Bonchev–Trinajstić information content (AvgIpc) is 2.51. The summed E-state index contributed by atoms with van der Waals surface area (Å²) in [4.78, 5) is 0. The van der Waals surface area contributed by atoms with Gasteiger partial charge in [0.05, 0.1) is 0 Å². The van der Waals surface area contributed by atoms with Crippen LogP contribution < -0.4 is 10.4 Å². The zero-order chi connectivity index (χ0) is 13.6. The highest BCUT2D eigenvalue weighted by Crippen LogP contribution is 2.08. The van der Waals surface area contributed by atoms with Crippen molar-refractivity contribution < 1.29 is 13.0 Å². The van der Waals surface area contributed by atoms with Crippen LogP contribution in [0.1, 0.15) is 0 Å². The second kappa shape index (κ2) is 6.79. The molecule has 0 heterocycles. The molecule has 0 fully saturated rings. The van der Waals surface area contributed by atoms with Crippen molar-refractivity contribution in [3.05, 3.63) is 60.7 Å². The van der Waals surface area contributed by atoms with E-state index in [0.29, 0.717) is 0 Å². The van der Waals surface area contributed by atoms with E-state index in [1.165, 1.54) is 0 Å². The fourth-order valence-electron chi connectivity index (χ4n) is 2.09. The molecule has 0 bridgehead atoms. The van der Waals surface area contributed by atoms with E-state index in [-0.39, 0.29) is 0 Å². The maximum atomic E-state index is 6.13. The summed E-state index contributed by atoms with van der Waals surface area (Å²) in [5, 5.41) is 2.21. The Morgan fingerprint density at radius 1 is 0.789 bits per heavy atom. The van der Waals surface area contributed by atoms with Gasteiger partial charge in [0, 0.05) is 14.2 Å². The molecule has 0 radical (unpaired) electrons. The quantitative estimate of drug-likeness (QED) is 0.727. The van der Waals surface area contributed by atoms with Gasteiger partial charge in [-0.2, -0.15) is 0 Å². The summed E-state index contributed by atoms with van der Waals surface area (Å²) < 4.78 is 17.2. The lowest BCUT2D eigenvalue weighted by Crippen LogP contribution is -2.63. The molecule has 0 N–H and O–H groups in total. The Balaban J connectivity index is 2.48. The molecular weight excluding hydrogens is 272 g/mol. The molecule has 0 unspecified atom stereocenters. The van der Waals surface area contributed by atoms with E-state index < -0.39 is 18.6 Å². The summed E-state index contributed by atoms with van der Waals surface area (Å²) in [7, 11) is -0.254. The molecule has 0 spiro atoms. The normalized spacial score (nSPS) is 12.1. The second-order valence-electron chi connectivity index (χ2n) is 4.10. The first kappa shape index (κ1) is 14.2. The van der Waals surface area contributed by atoms with Gasteiger partial charge in [-0.25, -0.2) is 0 Å². The first-order valence-corrected chi connectivity index (χ1v) is 9.09. The van der Waals surface area contributed by atoms with Gasteiger partial charge in [-0.1, -0.05) is 60.7 Å². The molecule has 0 atom stereocenters. The van der Waals surface area contributed by atoms with Crippen LogP contribution in [0.3, 0.4) is 0 Å². The van der Waals surface area contributed by atoms with E-state index in [2.05, 4.69) is 24.3 Å². The summed E-state index contributed by atoms with van der Waals surface area (Å²) >= 11 is 0. The molecule has 19 heavy (non-hydrogen) atoms. The molecule has 0 saturated heterocycles. The van der Waals surface area contributed by atoms with Crippen LogP contribution in [0, 0.1) is 0 Å². The van der Waals surface area contributed by atoms with Crippen molar-refractivity contribution in [1.82, 2.24) is 0 Å². The van der Waals surface area contributed by atoms with Crippen molar-refractivity contribution in [1.29, 1.82) is 0 Å². The predicted molar refractivity (Wildman–Crippen MR) is 81.6 cm³/mol. The molecule has 0 aliphatic carbocycles. The lowest BCUT2D eigenvalue weighted by atomic mass is 10.4. The van der Waals surface area contributed by atoms with Gasteiger partial charge >= 0.3 is 8.56 Å². The number of rotatable bonds is 6. The van der Waals surface area contributed by atoms with E-state index in [1.807, 2.05) is 36.4 Å². The van der Waals surface area contributed by atoms with Gasteiger partial charge in [-0.3, -0.25) is 0 Å². The predicted octanol–water partition coefficient (Wildman–Crippen LogP) is 0.551. The highest BCUT2D eigenvalue weighted by molar-refractivity contribution is 6.94. The van der Waals surface area contributed by atoms with Crippen molar-refractivity contribution >= 4 is 28.9 Å². The monoisotopic (exact) mass is 290 g/mol. The van der Waals surface area contributed by atoms with E-state index in [0.717, 1.165) is 10.4 Å². The molecule has 2 aromatic carbocycles. The van der Waals surface area contributed by atoms with Crippen molar-refractivity contribution in [2.75, 3.05) is 14.2 Å². The molecule has 0 saturated carbocycles. The number of benzene rings is 2. The van der Waals surface area contributed by atoms with Gasteiger partial charge in [-0.05, 0) is 10.4 Å². The third-order valence-corrected chi connectivity index (χ3v) is 8.07. The molecule has 100 valence electrons. The molecule has 0 aliphatic heterocycles. The molecule has 0 aliphatic rings. The maximum absolute atomic E-state index is 6.13. The lowest BCUT2D eigenvalue weighted by Gasteiger charge is -2.29. The van der Waals surface area contributed by atoms with E-state index in [9.17, 15) is 0 Å². The Morgan fingerprint density at radius 3 is 1.63 bits per heavy atom. The second-order valence-corrected chi connectivity index (χ2v) is 8.87. The minimum absolute atomic E-state index is 1.04. The van der Waals surface area contributed by atoms with Crippen molar-refractivity contribution in [2.24, 2.45) is 0 Å². The summed E-state index contributed by atoms with van der Waals surface area (Å²) in [5.41, 5.74) is 0. The molecule has 0 aromatic heterocycles. The Kier molecular flexibility index (Phi) is 5.06. The minimum atomic E-state index is -2.61. The third kappa shape index (κ3) is 3.02. The van der Waals surface area contributed by atoms with Crippen LogP contribution in [0.15, 0.2) is 60.7 Å². The van der Waals surface area contributed by atoms with Crippen LogP contribution in [0.5, 0.6) is 0 Å². The first-order chi connectivity index (χ1) is 9.33. The topological polar surface area (TPSA) is 27.7 Å². The van der Waals surface area contributed by atoms with Crippen molar-refractivity contribution in [2.45, 2.75) is 0 Å². The molecule has 0 amide bonds. The Morgan fingerprint density at radius 2 is 1.26 bits per heavy atom. The molecule has 2 aromatic rings. The molecular formula is C14H18O3Si2. The third-order valence-electron chi connectivity index (χ3n) is 2.98. The lowest BCUT2D eigenvalue weighted by molar-refractivity contribution is 0.294. The molecule has 2 rings (SSSR count). The molecule has 5 heteroatoms. The largest absolute Gasteiger partial charge is 0.412 e. The Hall–Kier alpha value is -1.25. The van der Waals surface area contributed by atoms with Crippen LogP contribution in [-0.4, -0.2) is 32.8 Å². The summed E-state index contributed by atoms with van der Waals surface area (Å²) in [5.74, 6) is 0. The number of hydrogen-bond acceptors (Lipinski definition) is 3. The highest BCUT2D eigenvalue weighted by atomic mass is 28.4. The van der Waals surface area contributed by atoms with Crippen LogP contribution in [0.2, 0.25) is 0 Å². The van der Waals surface area contributed by atoms with Crippen LogP contribution in [0.25, 0.3) is 0 Å². The fourth-order valence-corrected chi connectivity index (χ4v) is 7.09. The van der Waals surface area contributed by atoms with Gasteiger partial charge < -0.3 is 13.0 Å². The maximum Gasteiger partial charge on any atom is 0.397 e. The zero-order valence-corrected chi connectivity index (χ0v) is 13.6. The van der Waals surface area contributed by atoms with Crippen LogP contribution in [-0.2, 0) is 13.0 Å². The van der Waals surface area contributed by atoms with E-state index >= 15 is 0 Å². The van der Waals surface area contributed by atoms with Crippen molar-refractivity contribution in [3.8, 4) is 0 Å². The van der Waals surface area contributed by atoms with E-state index in [4.69, 9.17) is 13.0 Å². The van der Waals surface area contributed by atoms with Gasteiger partial charge in [0.25, 0.3) is 10.0 Å². The van der Waals surface area contributed by atoms with Gasteiger partial charge in [-0.15, -0.1) is 0 Å². The van der Waals surface area contributed by atoms with Gasteiger partial charge in [0.1, 0.15) is 0 Å². The average molecular weight is 290 g/mol. The van der Waals surface area contributed by atoms with Crippen LogP contribution >= 0.6 is 0 Å². The summed E-state index contributed by atoms with van der Waals surface area (Å²) in [6.07, 6.45) is 0. The fraction of sp³-hybridized carbons (Fsp3) is 0.143. The standard InChI is InChI=1S/C14H18O3Si2/c1-15-18-17-19(16-2,13-9-5-3-6-10-13)14-11-7-4-8-12-14/h3-12H,18H2,1-2H3. The Labute approximate surface area is 117 Å².